The Kier molecular flexibility index (Phi) is 6.89. The van der Waals surface area contributed by atoms with Crippen molar-refractivity contribution >= 4 is 40.0 Å². The molecule has 0 bridgehead atoms. The molecule has 0 aliphatic heterocycles. The summed E-state index contributed by atoms with van der Waals surface area (Å²) in [6.07, 6.45) is 0. The number of esters is 1. The highest BCUT2D eigenvalue weighted by atomic mass is 32.2. The summed E-state index contributed by atoms with van der Waals surface area (Å²) in [4.78, 5) is 24.6. The number of thiophene rings is 1. The van der Waals surface area contributed by atoms with Crippen LogP contribution < -0.4 is 10.1 Å². The molecule has 0 aliphatic rings. The van der Waals surface area contributed by atoms with E-state index in [-0.39, 0.29) is 17.6 Å². The Labute approximate surface area is 175 Å². The number of benzene rings is 1. The zero-order chi connectivity index (χ0) is 20.8. The molecular formula is C19H19N3O5S2. The van der Waals surface area contributed by atoms with Gasteiger partial charge in [-0.2, -0.15) is 0 Å². The fourth-order valence-corrected chi connectivity index (χ4v) is 3.91. The summed E-state index contributed by atoms with van der Waals surface area (Å²) in [5, 5.41) is 11.6. The number of aryl methyl sites for hydroxylation is 1. The molecule has 29 heavy (non-hydrogen) atoms. The van der Waals surface area contributed by atoms with Crippen molar-refractivity contribution in [2.24, 2.45) is 0 Å². The van der Waals surface area contributed by atoms with E-state index >= 15 is 0 Å². The number of thioether (sulfide) groups is 1. The molecule has 0 spiro atoms. The van der Waals surface area contributed by atoms with Crippen LogP contribution in [0.4, 0.5) is 5.00 Å². The molecule has 8 nitrogen and oxygen atoms in total. The van der Waals surface area contributed by atoms with Crippen molar-refractivity contribution in [3.63, 3.8) is 0 Å². The van der Waals surface area contributed by atoms with E-state index in [0.717, 1.165) is 28.6 Å². The number of nitrogens with zero attached hydrogens (tertiary/aromatic N) is 2. The number of carbonyl (C=O) groups excluding carboxylic acids is 2. The van der Waals surface area contributed by atoms with Crippen molar-refractivity contribution < 1.29 is 23.5 Å². The molecule has 10 heteroatoms. The van der Waals surface area contributed by atoms with Crippen molar-refractivity contribution in [3.8, 4) is 17.2 Å². The number of hydrogen-bond acceptors (Lipinski definition) is 9. The Morgan fingerprint density at radius 3 is 2.69 bits per heavy atom. The molecule has 1 N–H and O–H groups in total. The van der Waals surface area contributed by atoms with Crippen molar-refractivity contribution in [1.82, 2.24) is 10.2 Å². The van der Waals surface area contributed by atoms with Gasteiger partial charge in [0.25, 0.3) is 5.22 Å². The van der Waals surface area contributed by atoms with Gasteiger partial charge >= 0.3 is 5.97 Å². The Bertz CT molecular complexity index is 998. The fraction of sp³-hybridized carbons (Fsp3) is 0.263. The summed E-state index contributed by atoms with van der Waals surface area (Å²) in [6.45, 7) is 3.85. The third kappa shape index (κ3) is 5.36. The summed E-state index contributed by atoms with van der Waals surface area (Å²) in [6, 6.07) is 8.97. The first-order chi connectivity index (χ1) is 14.0. The molecule has 0 fully saturated rings. The van der Waals surface area contributed by atoms with Gasteiger partial charge in [-0.15, -0.1) is 21.5 Å². The fourth-order valence-electron chi connectivity index (χ4n) is 2.36. The van der Waals surface area contributed by atoms with Crippen LogP contribution in [0.25, 0.3) is 11.5 Å². The maximum Gasteiger partial charge on any atom is 0.348 e. The molecule has 0 radical (unpaired) electrons. The van der Waals surface area contributed by atoms with Crippen LogP contribution in [0.3, 0.4) is 0 Å². The average Bonchev–Trinajstić information content (AvgIpc) is 3.33. The number of amides is 1. The molecule has 2 heterocycles. The molecule has 1 amide bonds. The van der Waals surface area contributed by atoms with E-state index in [1.165, 1.54) is 11.3 Å². The number of hydrogen-bond donors (Lipinski definition) is 1. The number of nitrogens with one attached hydrogen (secondary N) is 1. The van der Waals surface area contributed by atoms with Crippen molar-refractivity contribution in [3.05, 3.63) is 40.8 Å². The second-order valence-corrected chi connectivity index (χ2v) is 7.76. The zero-order valence-electron chi connectivity index (χ0n) is 16.1. The van der Waals surface area contributed by atoms with Gasteiger partial charge in [0.2, 0.25) is 11.8 Å². The molecule has 3 rings (SSSR count). The minimum absolute atomic E-state index is 0.0932. The molecular weight excluding hydrogens is 414 g/mol. The lowest BCUT2D eigenvalue weighted by Gasteiger charge is -2.01. The molecule has 0 unspecified atom stereocenters. The minimum atomic E-state index is -0.387. The van der Waals surface area contributed by atoms with Crippen LogP contribution in [0.2, 0.25) is 0 Å². The third-order valence-corrected chi connectivity index (χ3v) is 5.66. The number of carbonyl (C=O) groups is 2. The van der Waals surface area contributed by atoms with E-state index in [9.17, 15) is 9.59 Å². The Morgan fingerprint density at radius 2 is 2.00 bits per heavy atom. The predicted molar refractivity (Wildman–Crippen MR) is 111 cm³/mol. The van der Waals surface area contributed by atoms with E-state index in [1.807, 2.05) is 12.1 Å². The van der Waals surface area contributed by atoms with Crippen LogP contribution in [0.5, 0.6) is 5.75 Å². The van der Waals surface area contributed by atoms with Crippen LogP contribution in [-0.4, -0.2) is 41.5 Å². The van der Waals surface area contributed by atoms with Crippen molar-refractivity contribution in [2.45, 2.75) is 19.1 Å². The van der Waals surface area contributed by atoms with Gasteiger partial charge in [-0.3, -0.25) is 4.79 Å². The SMILES string of the molecule is CCOC(=O)c1sc(NC(=O)CSc2nnc(-c3ccc(OC)cc3)o2)cc1C. The van der Waals surface area contributed by atoms with Crippen LogP contribution >= 0.6 is 23.1 Å². The van der Waals surface area contributed by atoms with Gasteiger partial charge in [0.15, 0.2) is 0 Å². The van der Waals surface area contributed by atoms with E-state index in [2.05, 4.69) is 15.5 Å². The van der Waals surface area contributed by atoms with Crippen LogP contribution in [0.1, 0.15) is 22.2 Å². The first-order valence-corrected chi connectivity index (χ1v) is 10.5. The summed E-state index contributed by atoms with van der Waals surface area (Å²) in [5.74, 6) is 0.561. The molecule has 3 aromatic rings. The normalized spacial score (nSPS) is 10.6. The van der Waals surface area contributed by atoms with Crippen LogP contribution in [0, 0.1) is 6.92 Å². The monoisotopic (exact) mass is 433 g/mol. The lowest BCUT2D eigenvalue weighted by atomic mass is 10.2. The van der Waals surface area contributed by atoms with Gasteiger partial charge in [0.05, 0.1) is 24.5 Å². The average molecular weight is 434 g/mol. The number of methoxy groups -OCH3 is 1. The number of anilines is 1. The molecule has 152 valence electrons. The third-order valence-electron chi connectivity index (χ3n) is 3.71. The Balaban J connectivity index is 1.55. The highest BCUT2D eigenvalue weighted by Gasteiger charge is 2.17. The van der Waals surface area contributed by atoms with Gasteiger partial charge < -0.3 is 19.2 Å². The highest BCUT2D eigenvalue weighted by Crippen LogP contribution is 2.28. The lowest BCUT2D eigenvalue weighted by Crippen LogP contribution is -2.13. The summed E-state index contributed by atoms with van der Waals surface area (Å²) < 4.78 is 15.7. The van der Waals surface area contributed by atoms with Gasteiger partial charge in [-0.1, -0.05) is 11.8 Å². The molecule has 0 aliphatic carbocycles. The Morgan fingerprint density at radius 1 is 1.24 bits per heavy atom. The van der Waals surface area contributed by atoms with Crippen molar-refractivity contribution in [1.29, 1.82) is 0 Å². The van der Waals surface area contributed by atoms with Gasteiger partial charge in [-0.25, -0.2) is 4.79 Å². The van der Waals surface area contributed by atoms with Gasteiger partial charge in [-0.05, 0) is 49.7 Å². The molecule has 1 aromatic carbocycles. The predicted octanol–water partition coefficient (Wildman–Crippen LogP) is 4.02. The minimum Gasteiger partial charge on any atom is -0.497 e. The van der Waals surface area contributed by atoms with E-state index in [4.69, 9.17) is 13.9 Å². The zero-order valence-corrected chi connectivity index (χ0v) is 17.7. The maximum atomic E-state index is 12.2. The molecule has 0 saturated heterocycles. The Hall–Kier alpha value is -2.85. The topological polar surface area (TPSA) is 104 Å². The van der Waals surface area contributed by atoms with Crippen LogP contribution in [0.15, 0.2) is 40.0 Å². The summed E-state index contributed by atoms with van der Waals surface area (Å²) in [5.41, 5.74) is 1.52. The van der Waals surface area contributed by atoms with E-state index in [0.29, 0.717) is 27.6 Å². The number of aromatic nitrogens is 2. The quantitative estimate of drug-likeness (QED) is 0.420. The summed E-state index contributed by atoms with van der Waals surface area (Å²) in [7, 11) is 1.59. The standard InChI is InChI=1S/C19H19N3O5S2/c1-4-26-18(24)16-11(2)9-15(29-16)20-14(23)10-28-19-22-21-17(27-19)12-5-7-13(25-3)8-6-12/h5-9H,4,10H2,1-3H3,(H,20,23). The second kappa shape index (κ2) is 9.57. The molecule has 0 atom stereocenters. The highest BCUT2D eigenvalue weighted by molar-refractivity contribution is 7.99. The second-order valence-electron chi connectivity index (χ2n) is 5.78. The number of ether oxygens (including phenoxy) is 2. The first kappa shape index (κ1) is 20.9. The maximum absolute atomic E-state index is 12.2. The van der Waals surface area contributed by atoms with Crippen molar-refractivity contribution in [2.75, 3.05) is 24.8 Å². The van der Waals surface area contributed by atoms with Crippen LogP contribution in [-0.2, 0) is 9.53 Å². The van der Waals surface area contributed by atoms with Gasteiger partial charge in [0, 0.05) is 5.56 Å². The summed E-state index contributed by atoms with van der Waals surface area (Å²) >= 11 is 2.32. The lowest BCUT2D eigenvalue weighted by molar-refractivity contribution is -0.113. The smallest absolute Gasteiger partial charge is 0.348 e. The van der Waals surface area contributed by atoms with E-state index in [1.54, 1.807) is 39.2 Å². The first-order valence-electron chi connectivity index (χ1n) is 8.68. The number of rotatable bonds is 8. The molecule has 2 aromatic heterocycles. The van der Waals surface area contributed by atoms with E-state index < -0.39 is 0 Å². The largest absolute Gasteiger partial charge is 0.497 e. The molecule has 0 saturated carbocycles. The van der Waals surface area contributed by atoms with Gasteiger partial charge in [0.1, 0.15) is 10.6 Å².